The number of nitrogens with zero attached hydrogens (tertiary/aromatic N) is 1. The van der Waals surface area contributed by atoms with Crippen molar-refractivity contribution in [3.8, 4) is 11.1 Å². The van der Waals surface area contributed by atoms with Crippen molar-refractivity contribution in [3.05, 3.63) is 59.7 Å². The molecule has 0 unspecified atom stereocenters. The van der Waals surface area contributed by atoms with Gasteiger partial charge in [0.25, 0.3) is 0 Å². The number of fused-ring (bicyclic) bond motifs is 3. The summed E-state index contributed by atoms with van der Waals surface area (Å²) < 4.78 is 5.48. The van der Waals surface area contributed by atoms with Crippen LogP contribution in [0.2, 0.25) is 0 Å². The maximum absolute atomic E-state index is 12.1. The maximum Gasteiger partial charge on any atom is 0.407 e. The summed E-state index contributed by atoms with van der Waals surface area (Å²) in [6.07, 6.45) is 2.61. The Balaban J connectivity index is 1.36. The number of benzene rings is 2. The van der Waals surface area contributed by atoms with Crippen LogP contribution >= 0.6 is 0 Å². The predicted octanol–water partition coefficient (Wildman–Crippen LogP) is 3.27. The van der Waals surface area contributed by atoms with Crippen molar-refractivity contribution < 1.29 is 23.9 Å². The first-order chi connectivity index (χ1) is 15.1. The Bertz CT molecular complexity index is 890. The number of rotatable bonds is 12. The minimum absolute atomic E-state index is 0.0291. The second kappa shape index (κ2) is 11.1. The van der Waals surface area contributed by atoms with E-state index in [9.17, 15) is 19.2 Å². The van der Waals surface area contributed by atoms with Gasteiger partial charge in [-0.05, 0) is 35.1 Å². The van der Waals surface area contributed by atoms with E-state index in [0.717, 1.165) is 11.3 Å². The molecule has 3 rings (SSSR count). The Labute approximate surface area is 181 Å². The molecule has 0 aromatic heterocycles. The third-order valence-corrected chi connectivity index (χ3v) is 5.38. The molecule has 3 amide bonds. The maximum atomic E-state index is 12.1. The molecule has 1 aliphatic carbocycles. The Morgan fingerprint density at radius 3 is 2.13 bits per heavy atom. The summed E-state index contributed by atoms with van der Waals surface area (Å²) in [5.41, 5.74) is 4.71. The summed E-state index contributed by atoms with van der Waals surface area (Å²) >= 11 is 0. The first kappa shape index (κ1) is 22.2. The molecule has 2 aromatic carbocycles. The molecular weight excluding hydrogens is 396 g/mol. The first-order valence-electron chi connectivity index (χ1n) is 10.4. The number of hydrogen-bond donors (Lipinski definition) is 1. The van der Waals surface area contributed by atoms with E-state index in [1.165, 1.54) is 22.3 Å². The van der Waals surface area contributed by atoms with Gasteiger partial charge in [0, 0.05) is 18.9 Å². The monoisotopic (exact) mass is 422 g/mol. The van der Waals surface area contributed by atoms with E-state index in [2.05, 4.69) is 29.6 Å². The molecule has 0 spiro atoms. The summed E-state index contributed by atoms with van der Waals surface area (Å²) in [6, 6.07) is 16.4. The highest BCUT2D eigenvalue weighted by Crippen LogP contribution is 2.44. The van der Waals surface area contributed by atoms with Gasteiger partial charge in [-0.2, -0.15) is 0 Å². The third kappa shape index (κ3) is 5.78. The Morgan fingerprint density at radius 1 is 0.903 bits per heavy atom. The van der Waals surface area contributed by atoms with Crippen LogP contribution in [0.1, 0.15) is 42.7 Å². The predicted molar refractivity (Wildman–Crippen MR) is 115 cm³/mol. The standard InChI is InChI=1S/C24H26N2O5/c27-16-26(17-28)14-18(29)8-2-1-7-13-25-24(30)31-15-23-21-11-5-3-9-19(21)20-10-4-6-12-22(20)23/h3-6,9-12,16-17,23H,1-2,7-8,13-15H2,(H,25,30). The second-order valence-electron chi connectivity index (χ2n) is 7.48. The average molecular weight is 422 g/mol. The fourth-order valence-corrected chi connectivity index (χ4v) is 3.85. The van der Waals surface area contributed by atoms with E-state index in [4.69, 9.17) is 4.74 Å². The van der Waals surface area contributed by atoms with Crippen molar-refractivity contribution in [1.82, 2.24) is 10.2 Å². The van der Waals surface area contributed by atoms with Gasteiger partial charge in [-0.1, -0.05) is 55.0 Å². The molecular formula is C24H26N2O5. The van der Waals surface area contributed by atoms with Gasteiger partial charge in [-0.15, -0.1) is 0 Å². The van der Waals surface area contributed by atoms with Gasteiger partial charge in [0.2, 0.25) is 12.8 Å². The van der Waals surface area contributed by atoms with Crippen LogP contribution in [0.15, 0.2) is 48.5 Å². The zero-order chi connectivity index (χ0) is 22.1. The van der Waals surface area contributed by atoms with E-state index >= 15 is 0 Å². The average Bonchev–Trinajstić information content (AvgIpc) is 3.12. The number of alkyl carbamates (subject to hydrolysis) is 1. The number of carbonyl (C=O) groups is 4. The van der Waals surface area contributed by atoms with Crippen LogP contribution in [-0.4, -0.2) is 49.3 Å². The van der Waals surface area contributed by atoms with Crippen molar-refractivity contribution in [2.24, 2.45) is 0 Å². The number of nitrogens with one attached hydrogen (secondary N) is 1. The summed E-state index contributed by atoms with van der Waals surface area (Å²) in [5, 5.41) is 2.75. The number of ketones is 1. The van der Waals surface area contributed by atoms with Gasteiger partial charge in [-0.3, -0.25) is 19.3 Å². The van der Waals surface area contributed by atoms with E-state index in [1.54, 1.807) is 0 Å². The molecule has 0 radical (unpaired) electrons. The second-order valence-corrected chi connectivity index (χ2v) is 7.48. The number of ether oxygens (including phenoxy) is 1. The van der Waals surface area contributed by atoms with E-state index in [0.29, 0.717) is 38.6 Å². The Kier molecular flexibility index (Phi) is 7.92. The third-order valence-electron chi connectivity index (χ3n) is 5.38. The van der Waals surface area contributed by atoms with Crippen LogP contribution in [0, 0.1) is 0 Å². The van der Waals surface area contributed by atoms with Crippen molar-refractivity contribution in [1.29, 1.82) is 0 Å². The lowest BCUT2D eigenvalue weighted by Crippen LogP contribution is -2.27. The molecule has 7 heteroatoms. The van der Waals surface area contributed by atoms with Gasteiger partial charge >= 0.3 is 6.09 Å². The molecule has 2 aromatic rings. The molecule has 7 nitrogen and oxygen atoms in total. The minimum atomic E-state index is -0.453. The highest BCUT2D eigenvalue weighted by atomic mass is 16.5. The molecule has 0 heterocycles. The van der Waals surface area contributed by atoms with Crippen molar-refractivity contribution >= 4 is 24.7 Å². The van der Waals surface area contributed by atoms with Crippen LogP contribution < -0.4 is 5.32 Å². The lowest BCUT2D eigenvalue weighted by atomic mass is 9.98. The van der Waals surface area contributed by atoms with Gasteiger partial charge in [0.05, 0.1) is 6.54 Å². The van der Waals surface area contributed by atoms with Crippen molar-refractivity contribution in [2.75, 3.05) is 19.7 Å². The number of imide groups is 1. The number of carbonyl (C=O) groups excluding carboxylic acids is 4. The fourth-order valence-electron chi connectivity index (χ4n) is 3.85. The van der Waals surface area contributed by atoms with Crippen molar-refractivity contribution in [3.63, 3.8) is 0 Å². The van der Waals surface area contributed by atoms with Crippen LogP contribution in [0.5, 0.6) is 0 Å². The number of amides is 3. The highest BCUT2D eigenvalue weighted by Gasteiger charge is 2.28. The van der Waals surface area contributed by atoms with E-state index in [1.807, 2.05) is 24.3 Å². The first-order valence-corrected chi connectivity index (χ1v) is 10.4. The van der Waals surface area contributed by atoms with Crippen LogP contribution in [0.3, 0.4) is 0 Å². The summed E-state index contributed by atoms with van der Waals surface area (Å²) in [6.45, 7) is 0.545. The van der Waals surface area contributed by atoms with Crippen LogP contribution in [0.25, 0.3) is 11.1 Å². The van der Waals surface area contributed by atoms with E-state index < -0.39 is 6.09 Å². The molecule has 0 fully saturated rings. The fraction of sp³-hybridized carbons (Fsp3) is 0.333. The van der Waals surface area contributed by atoms with Gasteiger partial charge < -0.3 is 10.1 Å². The Hall–Kier alpha value is -3.48. The molecule has 1 N–H and O–H groups in total. The van der Waals surface area contributed by atoms with Gasteiger partial charge in [-0.25, -0.2) is 4.79 Å². The topological polar surface area (TPSA) is 92.8 Å². The lowest BCUT2D eigenvalue weighted by molar-refractivity contribution is -0.134. The number of unbranched alkanes of at least 4 members (excludes halogenated alkanes) is 2. The molecule has 0 atom stereocenters. The zero-order valence-electron chi connectivity index (χ0n) is 17.3. The smallest absolute Gasteiger partial charge is 0.407 e. The normalized spacial score (nSPS) is 11.9. The quantitative estimate of drug-likeness (QED) is 0.419. The Morgan fingerprint density at radius 2 is 1.52 bits per heavy atom. The van der Waals surface area contributed by atoms with E-state index in [-0.39, 0.29) is 24.9 Å². The van der Waals surface area contributed by atoms with Crippen LogP contribution in [-0.2, 0) is 19.1 Å². The van der Waals surface area contributed by atoms with Gasteiger partial charge in [0.1, 0.15) is 6.61 Å². The highest BCUT2D eigenvalue weighted by molar-refractivity contribution is 5.85. The number of hydrogen-bond acceptors (Lipinski definition) is 5. The zero-order valence-corrected chi connectivity index (χ0v) is 17.3. The molecule has 31 heavy (non-hydrogen) atoms. The summed E-state index contributed by atoms with van der Waals surface area (Å²) in [5.74, 6) is -0.134. The summed E-state index contributed by atoms with van der Waals surface area (Å²) in [7, 11) is 0. The molecule has 1 aliphatic rings. The van der Waals surface area contributed by atoms with Crippen molar-refractivity contribution in [2.45, 2.75) is 31.6 Å². The molecule has 0 bridgehead atoms. The minimum Gasteiger partial charge on any atom is -0.449 e. The molecule has 0 saturated heterocycles. The molecule has 0 aliphatic heterocycles. The number of Topliss-reactive ketones (excluding diaryl/α,β-unsaturated/α-hetero) is 1. The molecule has 0 saturated carbocycles. The van der Waals surface area contributed by atoms with Crippen LogP contribution in [0.4, 0.5) is 4.79 Å². The summed E-state index contributed by atoms with van der Waals surface area (Å²) in [4.78, 5) is 45.5. The molecule has 162 valence electrons. The van der Waals surface area contributed by atoms with Gasteiger partial charge in [0.15, 0.2) is 5.78 Å². The lowest BCUT2D eigenvalue weighted by Gasteiger charge is -2.14. The SMILES string of the molecule is O=CN(C=O)CC(=O)CCCCCNC(=O)OCC1c2ccccc2-c2ccccc21. The largest absolute Gasteiger partial charge is 0.449 e.